The summed E-state index contributed by atoms with van der Waals surface area (Å²) in [5, 5.41) is 0. The van der Waals surface area contributed by atoms with Crippen LogP contribution in [0.4, 0.5) is 4.39 Å². The van der Waals surface area contributed by atoms with E-state index < -0.39 is 5.54 Å². The van der Waals surface area contributed by atoms with Crippen LogP contribution in [0.5, 0.6) is 0 Å². The average molecular weight is 320 g/mol. The molecule has 0 radical (unpaired) electrons. The summed E-state index contributed by atoms with van der Waals surface area (Å²) in [5.41, 5.74) is 6.31. The summed E-state index contributed by atoms with van der Waals surface area (Å²) in [5.74, 6) is 0.360. The van der Waals surface area contributed by atoms with Gasteiger partial charge in [-0.1, -0.05) is 18.2 Å². The molecule has 0 aliphatic carbocycles. The van der Waals surface area contributed by atoms with E-state index in [1.807, 2.05) is 17.0 Å². The second kappa shape index (κ2) is 6.97. The molecule has 0 aromatic heterocycles. The van der Waals surface area contributed by atoms with E-state index in [0.717, 1.165) is 37.9 Å². The number of ether oxygens (including phenoxy) is 1. The molecule has 1 aromatic rings. The number of rotatable bonds is 3. The van der Waals surface area contributed by atoms with E-state index in [1.165, 1.54) is 6.07 Å². The predicted molar refractivity (Wildman–Crippen MR) is 86.4 cm³/mol. The zero-order chi connectivity index (χ0) is 16.3. The van der Waals surface area contributed by atoms with Crippen LogP contribution >= 0.6 is 0 Å². The fourth-order valence-electron chi connectivity index (χ4n) is 3.58. The van der Waals surface area contributed by atoms with Crippen LogP contribution in [0.3, 0.4) is 0 Å². The number of nitrogens with two attached hydrogens (primary N) is 1. The van der Waals surface area contributed by atoms with E-state index in [0.29, 0.717) is 32.0 Å². The van der Waals surface area contributed by atoms with Crippen molar-refractivity contribution in [3.05, 3.63) is 35.6 Å². The minimum absolute atomic E-state index is 0.0603. The van der Waals surface area contributed by atoms with Crippen molar-refractivity contribution in [2.24, 2.45) is 11.7 Å². The molecule has 4 nitrogen and oxygen atoms in total. The molecular weight excluding hydrogens is 295 g/mol. The van der Waals surface area contributed by atoms with Crippen LogP contribution < -0.4 is 5.73 Å². The number of hydrogen-bond acceptors (Lipinski definition) is 3. The highest BCUT2D eigenvalue weighted by atomic mass is 19.1. The molecule has 126 valence electrons. The molecule has 2 saturated heterocycles. The van der Waals surface area contributed by atoms with Gasteiger partial charge in [0.25, 0.3) is 0 Å². The number of likely N-dealkylation sites (tertiary alicyclic amines) is 1. The van der Waals surface area contributed by atoms with E-state index >= 15 is 0 Å². The number of carbonyl (C=O) groups is 1. The standard InChI is InChI=1S/C18H25FN2O2/c19-16-4-2-1-3-15(16)13-14-5-9-21(10-6-14)17(22)18(20)7-11-23-12-8-18/h1-4,14H,5-13,20H2. The van der Waals surface area contributed by atoms with Gasteiger partial charge >= 0.3 is 0 Å². The lowest BCUT2D eigenvalue weighted by atomic mass is 9.86. The van der Waals surface area contributed by atoms with E-state index in [1.54, 1.807) is 6.07 Å². The summed E-state index contributed by atoms with van der Waals surface area (Å²) in [7, 11) is 0. The van der Waals surface area contributed by atoms with E-state index in [-0.39, 0.29) is 11.7 Å². The van der Waals surface area contributed by atoms with Crippen LogP contribution in [0.15, 0.2) is 24.3 Å². The third-order valence-corrected chi connectivity index (χ3v) is 5.18. The maximum atomic E-state index is 13.7. The Labute approximate surface area is 136 Å². The lowest BCUT2D eigenvalue weighted by Gasteiger charge is -2.40. The zero-order valence-corrected chi connectivity index (χ0v) is 13.5. The van der Waals surface area contributed by atoms with Crippen molar-refractivity contribution in [2.45, 2.75) is 37.6 Å². The van der Waals surface area contributed by atoms with Gasteiger partial charge in [-0.15, -0.1) is 0 Å². The van der Waals surface area contributed by atoms with Gasteiger partial charge in [0.05, 0.1) is 5.54 Å². The van der Waals surface area contributed by atoms with Crippen LogP contribution in [0.25, 0.3) is 0 Å². The lowest BCUT2D eigenvalue weighted by molar-refractivity contribution is -0.142. The first-order chi connectivity index (χ1) is 11.1. The highest BCUT2D eigenvalue weighted by molar-refractivity contribution is 5.86. The third kappa shape index (κ3) is 3.72. The molecule has 2 aliphatic rings. The van der Waals surface area contributed by atoms with Crippen LogP contribution in [0.2, 0.25) is 0 Å². The van der Waals surface area contributed by atoms with Crippen molar-refractivity contribution < 1.29 is 13.9 Å². The Bertz CT molecular complexity index is 550. The van der Waals surface area contributed by atoms with Crippen LogP contribution in [-0.4, -0.2) is 42.6 Å². The Morgan fingerprint density at radius 2 is 1.91 bits per heavy atom. The van der Waals surface area contributed by atoms with Gasteiger partial charge in [-0.05, 0) is 49.7 Å². The second-order valence-corrected chi connectivity index (χ2v) is 6.80. The number of piperidine rings is 1. The summed E-state index contributed by atoms with van der Waals surface area (Å²) in [6.45, 7) is 2.56. The van der Waals surface area contributed by atoms with Crippen LogP contribution in [-0.2, 0) is 16.0 Å². The second-order valence-electron chi connectivity index (χ2n) is 6.80. The van der Waals surface area contributed by atoms with Gasteiger partial charge in [0.1, 0.15) is 5.82 Å². The largest absolute Gasteiger partial charge is 0.381 e. The summed E-state index contributed by atoms with van der Waals surface area (Å²) in [4.78, 5) is 14.6. The maximum absolute atomic E-state index is 13.7. The summed E-state index contributed by atoms with van der Waals surface area (Å²) in [6, 6.07) is 6.95. The molecule has 2 N–H and O–H groups in total. The molecule has 0 atom stereocenters. The van der Waals surface area contributed by atoms with Crippen molar-refractivity contribution in [1.82, 2.24) is 4.90 Å². The Balaban J connectivity index is 1.54. The van der Waals surface area contributed by atoms with Crippen molar-refractivity contribution in [3.63, 3.8) is 0 Å². The number of carbonyl (C=O) groups excluding carboxylic acids is 1. The van der Waals surface area contributed by atoms with Gasteiger partial charge in [0, 0.05) is 26.3 Å². The monoisotopic (exact) mass is 320 g/mol. The van der Waals surface area contributed by atoms with Crippen molar-refractivity contribution in [2.75, 3.05) is 26.3 Å². The van der Waals surface area contributed by atoms with Gasteiger partial charge in [0.2, 0.25) is 5.91 Å². The molecule has 2 heterocycles. The normalized spacial score (nSPS) is 22.1. The van der Waals surface area contributed by atoms with Gasteiger partial charge in [0.15, 0.2) is 0 Å². The SMILES string of the molecule is NC1(C(=O)N2CCC(Cc3ccccc3F)CC2)CCOCC1. The fraction of sp³-hybridized carbons (Fsp3) is 0.611. The molecule has 1 aromatic carbocycles. The Morgan fingerprint density at radius 3 is 2.57 bits per heavy atom. The molecule has 3 rings (SSSR count). The predicted octanol–water partition coefficient (Wildman–Crippen LogP) is 2.11. The van der Waals surface area contributed by atoms with Gasteiger partial charge in [-0.25, -0.2) is 4.39 Å². The molecule has 0 unspecified atom stereocenters. The highest BCUT2D eigenvalue weighted by Crippen LogP contribution is 2.26. The quantitative estimate of drug-likeness (QED) is 0.928. The fourth-order valence-corrected chi connectivity index (χ4v) is 3.58. The number of nitrogens with zero attached hydrogens (tertiary/aromatic N) is 1. The summed E-state index contributed by atoms with van der Waals surface area (Å²) >= 11 is 0. The number of amides is 1. The lowest BCUT2D eigenvalue weighted by Crippen LogP contribution is -2.59. The van der Waals surface area contributed by atoms with Gasteiger partial charge < -0.3 is 15.4 Å². The smallest absolute Gasteiger partial charge is 0.242 e. The molecule has 5 heteroatoms. The molecule has 1 amide bonds. The first-order valence-electron chi connectivity index (χ1n) is 8.48. The minimum atomic E-state index is -0.753. The minimum Gasteiger partial charge on any atom is -0.381 e. The highest BCUT2D eigenvalue weighted by Gasteiger charge is 2.39. The molecule has 0 bridgehead atoms. The first-order valence-corrected chi connectivity index (χ1v) is 8.48. The van der Waals surface area contributed by atoms with E-state index in [9.17, 15) is 9.18 Å². The van der Waals surface area contributed by atoms with E-state index in [4.69, 9.17) is 10.5 Å². The van der Waals surface area contributed by atoms with Crippen molar-refractivity contribution >= 4 is 5.91 Å². The molecule has 2 fully saturated rings. The topological polar surface area (TPSA) is 55.6 Å². The molecule has 0 spiro atoms. The van der Waals surface area contributed by atoms with Crippen LogP contribution in [0, 0.1) is 11.7 Å². The summed E-state index contributed by atoms with van der Waals surface area (Å²) in [6.07, 6.45) is 3.76. The molecule has 2 aliphatic heterocycles. The molecular formula is C18H25FN2O2. The summed E-state index contributed by atoms with van der Waals surface area (Å²) < 4.78 is 19.1. The molecule has 23 heavy (non-hydrogen) atoms. The first kappa shape index (κ1) is 16.4. The van der Waals surface area contributed by atoms with Gasteiger partial charge in [-0.2, -0.15) is 0 Å². The Kier molecular flexibility index (Phi) is 4.97. The number of halogens is 1. The van der Waals surface area contributed by atoms with E-state index in [2.05, 4.69) is 0 Å². The van der Waals surface area contributed by atoms with Crippen molar-refractivity contribution in [3.8, 4) is 0 Å². The van der Waals surface area contributed by atoms with Crippen LogP contribution in [0.1, 0.15) is 31.2 Å². The number of benzene rings is 1. The zero-order valence-electron chi connectivity index (χ0n) is 13.5. The maximum Gasteiger partial charge on any atom is 0.242 e. The average Bonchev–Trinajstić information content (AvgIpc) is 2.58. The third-order valence-electron chi connectivity index (χ3n) is 5.18. The van der Waals surface area contributed by atoms with Gasteiger partial charge in [-0.3, -0.25) is 4.79 Å². The number of hydrogen-bond donors (Lipinski definition) is 1. The van der Waals surface area contributed by atoms with Crippen molar-refractivity contribution in [1.29, 1.82) is 0 Å². The molecule has 0 saturated carbocycles. The Hall–Kier alpha value is -1.46. The Morgan fingerprint density at radius 1 is 1.26 bits per heavy atom.